The van der Waals surface area contributed by atoms with Crippen LogP contribution in [-0.2, 0) is 0 Å². The minimum Gasteiger partial charge on any atom is -0.406 e. The summed E-state index contributed by atoms with van der Waals surface area (Å²) in [6, 6.07) is 21.8. The minimum absolute atomic E-state index is 0.377. The summed E-state index contributed by atoms with van der Waals surface area (Å²) in [6.45, 7) is 3.87. The van der Waals surface area contributed by atoms with Crippen LogP contribution < -0.4 is 14.5 Å². The van der Waals surface area contributed by atoms with E-state index in [0.717, 1.165) is 0 Å². The summed E-state index contributed by atoms with van der Waals surface area (Å²) in [6.07, 6.45) is -3.65. The van der Waals surface area contributed by atoms with Crippen molar-refractivity contribution in [1.82, 2.24) is 0 Å². The van der Waals surface area contributed by atoms with Crippen molar-refractivity contribution in [2.75, 3.05) is 9.80 Å². The lowest BCUT2D eigenvalue weighted by Crippen LogP contribution is -2.46. The zero-order valence-electron chi connectivity index (χ0n) is 20.2. The number of urea groups is 1. The molecule has 1 aliphatic heterocycles. The molecule has 2 amide bonds. The summed E-state index contributed by atoms with van der Waals surface area (Å²) in [7, 11) is 0. The third kappa shape index (κ3) is 4.94. The van der Waals surface area contributed by atoms with Crippen LogP contribution in [0.2, 0.25) is 0 Å². The first kappa shape index (κ1) is 25.6. The average Bonchev–Trinajstić information content (AvgIpc) is 3.09. The Bertz CT molecular complexity index is 1370. The molecule has 0 aromatic heterocycles. The number of halogens is 3. The van der Waals surface area contributed by atoms with Crippen molar-refractivity contribution in [3.63, 3.8) is 0 Å². The van der Waals surface area contributed by atoms with Gasteiger partial charge < -0.3 is 4.74 Å². The summed E-state index contributed by atoms with van der Waals surface area (Å²) in [4.78, 5) is 17.3. The van der Waals surface area contributed by atoms with Gasteiger partial charge in [-0.3, -0.25) is 9.80 Å². The molecule has 1 fully saturated rings. The molecule has 1 saturated heterocycles. The fraction of sp³-hybridized carbons (Fsp3) is 0.250. The molecule has 188 valence electrons. The summed E-state index contributed by atoms with van der Waals surface area (Å²) in [5, 5.41) is 18.4. The summed E-state index contributed by atoms with van der Waals surface area (Å²) < 4.78 is 43.2. The normalized spacial score (nSPS) is 19.4. The van der Waals surface area contributed by atoms with Crippen molar-refractivity contribution >= 4 is 17.4 Å². The van der Waals surface area contributed by atoms with Gasteiger partial charge in [-0.25, -0.2) is 4.79 Å². The maximum Gasteiger partial charge on any atom is 0.573 e. The lowest BCUT2D eigenvalue weighted by atomic mass is 9.82. The molecule has 1 heterocycles. The molecule has 1 aliphatic rings. The molecule has 1 unspecified atom stereocenters. The SMILES string of the molecule is CCC[C@]1(C)C(c2cccc(OC(F)(F)F)c2)N(c2ccc(C#N)cc2)C(=O)N1c1ccc(C#N)cc1. The molecule has 0 aliphatic carbocycles. The van der Waals surface area contributed by atoms with Gasteiger partial charge in [0.15, 0.2) is 0 Å². The van der Waals surface area contributed by atoms with Gasteiger partial charge in [0.2, 0.25) is 0 Å². The lowest BCUT2D eigenvalue weighted by Gasteiger charge is -2.39. The van der Waals surface area contributed by atoms with Crippen LogP contribution in [0.15, 0.2) is 72.8 Å². The number of benzene rings is 3. The van der Waals surface area contributed by atoms with Gasteiger partial charge in [0.1, 0.15) is 5.75 Å². The Labute approximate surface area is 212 Å². The number of anilines is 2. The second kappa shape index (κ2) is 9.87. The van der Waals surface area contributed by atoms with Crippen LogP contribution in [0.1, 0.15) is 49.4 Å². The van der Waals surface area contributed by atoms with E-state index in [1.54, 1.807) is 64.4 Å². The van der Waals surface area contributed by atoms with Gasteiger partial charge in [0.05, 0.1) is 34.8 Å². The minimum atomic E-state index is -4.86. The predicted molar refractivity (Wildman–Crippen MR) is 132 cm³/mol. The topological polar surface area (TPSA) is 80.4 Å². The molecule has 0 bridgehead atoms. The molecule has 0 saturated carbocycles. The smallest absolute Gasteiger partial charge is 0.406 e. The Hall–Kier alpha value is -4.50. The number of rotatable bonds is 6. The summed E-state index contributed by atoms with van der Waals surface area (Å²) in [5.41, 5.74) is 1.48. The number of ether oxygens (including phenoxy) is 1. The van der Waals surface area contributed by atoms with Crippen molar-refractivity contribution < 1.29 is 22.7 Å². The van der Waals surface area contributed by atoms with E-state index < -0.39 is 17.9 Å². The summed E-state index contributed by atoms with van der Waals surface area (Å²) >= 11 is 0. The van der Waals surface area contributed by atoms with Crippen molar-refractivity contribution in [2.45, 2.75) is 44.6 Å². The van der Waals surface area contributed by atoms with Crippen LogP contribution in [0, 0.1) is 22.7 Å². The Balaban J connectivity index is 1.92. The number of nitrogens with zero attached hydrogens (tertiary/aromatic N) is 4. The molecular weight excluding hydrogens is 481 g/mol. The molecule has 6 nitrogen and oxygen atoms in total. The van der Waals surface area contributed by atoms with Crippen LogP contribution in [0.5, 0.6) is 5.75 Å². The van der Waals surface area contributed by atoms with Crippen molar-refractivity contribution in [1.29, 1.82) is 10.5 Å². The standard InChI is InChI=1S/C28H23F3N4O2/c1-3-15-27(2)25(21-5-4-6-24(16-21)37-28(29,30)31)34(22-11-7-19(17-32)8-12-22)26(36)35(27)23-13-9-20(18-33)10-14-23/h4-14,16,25H,3,15H2,1-2H3/t25?,27-/m1/s1. The van der Waals surface area contributed by atoms with Gasteiger partial charge in [-0.05, 0) is 79.6 Å². The quantitative estimate of drug-likeness (QED) is 0.359. The molecule has 0 spiro atoms. The second-order valence-corrected chi connectivity index (χ2v) is 8.94. The maximum atomic E-state index is 14.1. The number of nitriles is 2. The predicted octanol–water partition coefficient (Wildman–Crippen LogP) is 7.08. The van der Waals surface area contributed by atoms with Crippen molar-refractivity contribution in [3.8, 4) is 17.9 Å². The lowest BCUT2D eigenvalue weighted by molar-refractivity contribution is -0.274. The molecule has 0 N–H and O–H groups in total. The Morgan fingerprint density at radius 1 is 0.946 bits per heavy atom. The van der Waals surface area contributed by atoms with Gasteiger partial charge in [0, 0.05) is 11.4 Å². The van der Waals surface area contributed by atoms with Gasteiger partial charge in [-0.15, -0.1) is 13.2 Å². The van der Waals surface area contributed by atoms with Gasteiger partial charge in [0.25, 0.3) is 0 Å². The molecule has 9 heteroatoms. The van der Waals surface area contributed by atoms with Crippen molar-refractivity contribution in [2.24, 2.45) is 0 Å². The van der Waals surface area contributed by atoms with Gasteiger partial charge in [-0.2, -0.15) is 10.5 Å². The van der Waals surface area contributed by atoms with Crippen LogP contribution in [0.3, 0.4) is 0 Å². The number of carbonyl (C=O) groups is 1. The number of amides is 2. The van der Waals surface area contributed by atoms with E-state index in [2.05, 4.69) is 10.8 Å². The molecule has 3 aromatic carbocycles. The fourth-order valence-corrected chi connectivity index (χ4v) is 5.03. The average molecular weight is 505 g/mol. The van der Waals surface area contributed by atoms with E-state index in [4.69, 9.17) is 0 Å². The Morgan fingerprint density at radius 2 is 1.51 bits per heavy atom. The molecule has 37 heavy (non-hydrogen) atoms. The Kier molecular flexibility index (Phi) is 6.82. The molecule has 3 aromatic rings. The number of hydrogen-bond acceptors (Lipinski definition) is 4. The van der Waals surface area contributed by atoms with E-state index >= 15 is 0 Å². The highest BCUT2D eigenvalue weighted by molar-refractivity contribution is 6.08. The number of alkyl halides is 3. The Morgan fingerprint density at radius 3 is 2.03 bits per heavy atom. The zero-order valence-corrected chi connectivity index (χ0v) is 20.2. The largest absolute Gasteiger partial charge is 0.573 e. The highest BCUT2D eigenvalue weighted by Gasteiger charge is 2.55. The zero-order chi connectivity index (χ0) is 26.8. The highest BCUT2D eigenvalue weighted by Crippen LogP contribution is 2.50. The molecule has 2 atom stereocenters. The number of hydrogen-bond donors (Lipinski definition) is 0. The molecule has 4 rings (SSSR count). The molecular formula is C28H23F3N4O2. The van der Waals surface area contributed by atoms with Crippen LogP contribution in [0.4, 0.5) is 29.3 Å². The fourth-order valence-electron chi connectivity index (χ4n) is 5.03. The first-order valence-corrected chi connectivity index (χ1v) is 11.6. The third-order valence-electron chi connectivity index (χ3n) is 6.45. The van der Waals surface area contributed by atoms with Crippen molar-refractivity contribution in [3.05, 3.63) is 89.5 Å². The number of carbonyl (C=O) groups excluding carboxylic acids is 1. The van der Waals surface area contributed by atoms with Gasteiger partial charge in [-0.1, -0.05) is 25.5 Å². The van der Waals surface area contributed by atoms with E-state index in [0.29, 0.717) is 40.9 Å². The van der Waals surface area contributed by atoms with E-state index in [9.17, 15) is 28.5 Å². The monoisotopic (exact) mass is 504 g/mol. The van der Waals surface area contributed by atoms with E-state index in [1.807, 2.05) is 19.9 Å². The first-order chi connectivity index (χ1) is 17.6. The van der Waals surface area contributed by atoms with E-state index in [-0.39, 0.29) is 11.8 Å². The second-order valence-electron chi connectivity index (χ2n) is 8.94. The van der Waals surface area contributed by atoms with Crippen LogP contribution >= 0.6 is 0 Å². The third-order valence-corrected chi connectivity index (χ3v) is 6.45. The van der Waals surface area contributed by atoms with Crippen LogP contribution in [0.25, 0.3) is 0 Å². The van der Waals surface area contributed by atoms with Crippen LogP contribution in [-0.4, -0.2) is 17.9 Å². The first-order valence-electron chi connectivity index (χ1n) is 11.6. The molecule has 0 radical (unpaired) electrons. The van der Waals surface area contributed by atoms with Gasteiger partial charge >= 0.3 is 12.4 Å². The highest BCUT2D eigenvalue weighted by atomic mass is 19.4. The summed E-state index contributed by atoms with van der Waals surface area (Å²) in [5.74, 6) is -0.382. The van der Waals surface area contributed by atoms with E-state index in [1.165, 1.54) is 18.2 Å². The maximum absolute atomic E-state index is 14.1.